The number of hydrogen-bond donors (Lipinski definition) is 0. The lowest BCUT2D eigenvalue weighted by atomic mass is 10.2. The van der Waals surface area contributed by atoms with Crippen LogP contribution in [0.5, 0.6) is 0 Å². The third kappa shape index (κ3) is 3.42. The Hall–Kier alpha value is -2.26. The van der Waals surface area contributed by atoms with Crippen LogP contribution in [0, 0.1) is 0 Å². The number of halogens is 1. The standard InChI is InChI=1S/C16H14BrN3O4S/c1-3-24-15(21)13-8-10-4-5-11(17)9-12(10)20(13)14-6-7-18-16(19-14)25(2,22)23/h4-9H,3H2,1-2H3. The van der Waals surface area contributed by atoms with E-state index < -0.39 is 15.8 Å². The molecule has 130 valence electrons. The van der Waals surface area contributed by atoms with E-state index in [1.807, 2.05) is 18.2 Å². The molecule has 3 aromatic rings. The van der Waals surface area contributed by atoms with Gasteiger partial charge >= 0.3 is 5.97 Å². The van der Waals surface area contributed by atoms with Crippen LogP contribution in [0.25, 0.3) is 16.7 Å². The number of benzene rings is 1. The number of carbonyl (C=O) groups excluding carboxylic acids is 1. The molecule has 3 rings (SSSR count). The minimum atomic E-state index is -3.58. The zero-order valence-corrected chi connectivity index (χ0v) is 15.8. The Morgan fingerprint density at radius 2 is 2.04 bits per heavy atom. The van der Waals surface area contributed by atoms with E-state index in [2.05, 4.69) is 25.9 Å². The van der Waals surface area contributed by atoms with Gasteiger partial charge in [0.1, 0.15) is 11.5 Å². The maximum Gasteiger partial charge on any atom is 0.355 e. The van der Waals surface area contributed by atoms with Crippen LogP contribution in [-0.2, 0) is 14.6 Å². The van der Waals surface area contributed by atoms with Gasteiger partial charge in [-0.15, -0.1) is 0 Å². The molecular weight excluding hydrogens is 410 g/mol. The van der Waals surface area contributed by atoms with Crippen molar-refractivity contribution >= 4 is 42.6 Å². The minimum absolute atomic E-state index is 0.225. The Morgan fingerprint density at radius 3 is 2.72 bits per heavy atom. The molecule has 7 nitrogen and oxygen atoms in total. The molecule has 0 aliphatic rings. The zero-order valence-electron chi connectivity index (χ0n) is 13.4. The summed E-state index contributed by atoms with van der Waals surface area (Å²) in [7, 11) is -3.58. The second kappa shape index (κ2) is 6.57. The van der Waals surface area contributed by atoms with Crippen molar-refractivity contribution in [3.8, 4) is 5.82 Å². The first-order valence-corrected chi connectivity index (χ1v) is 10.0. The lowest BCUT2D eigenvalue weighted by Gasteiger charge is -2.10. The molecule has 0 aliphatic heterocycles. The number of carbonyl (C=O) groups is 1. The summed E-state index contributed by atoms with van der Waals surface area (Å²) in [5.74, 6) is -0.249. The topological polar surface area (TPSA) is 91.2 Å². The zero-order chi connectivity index (χ0) is 18.2. The molecule has 0 atom stereocenters. The molecule has 2 aromatic heterocycles. The van der Waals surface area contributed by atoms with Gasteiger partial charge in [-0.2, -0.15) is 0 Å². The van der Waals surface area contributed by atoms with Gasteiger partial charge in [-0.3, -0.25) is 4.57 Å². The summed E-state index contributed by atoms with van der Waals surface area (Å²) < 4.78 is 31.0. The van der Waals surface area contributed by atoms with Crippen molar-refractivity contribution in [3.63, 3.8) is 0 Å². The highest BCUT2D eigenvalue weighted by Crippen LogP contribution is 2.27. The molecule has 9 heteroatoms. The van der Waals surface area contributed by atoms with Crippen LogP contribution in [0.2, 0.25) is 0 Å². The molecule has 0 fully saturated rings. The second-order valence-electron chi connectivity index (χ2n) is 5.26. The number of esters is 1. The Bertz CT molecular complexity index is 1080. The fourth-order valence-electron chi connectivity index (χ4n) is 2.41. The largest absolute Gasteiger partial charge is 0.461 e. The minimum Gasteiger partial charge on any atom is -0.461 e. The molecule has 2 heterocycles. The van der Waals surface area contributed by atoms with E-state index in [1.165, 1.54) is 12.3 Å². The number of rotatable bonds is 4. The summed E-state index contributed by atoms with van der Waals surface area (Å²) in [5, 5.41) is 0.488. The normalized spacial score (nSPS) is 11.6. The lowest BCUT2D eigenvalue weighted by molar-refractivity contribution is 0.0517. The first kappa shape index (κ1) is 17.6. The van der Waals surface area contributed by atoms with Crippen molar-refractivity contribution in [1.29, 1.82) is 0 Å². The molecule has 1 aromatic carbocycles. The van der Waals surface area contributed by atoms with Crippen LogP contribution < -0.4 is 0 Å². The van der Waals surface area contributed by atoms with Gasteiger partial charge in [0.2, 0.25) is 15.0 Å². The van der Waals surface area contributed by atoms with Crippen LogP contribution in [0.3, 0.4) is 0 Å². The van der Waals surface area contributed by atoms with Crippen LogP contribution in [0.15, 0.2) is 46.2 Å². The number of ether oxygens (including phenoxy) is 1. The van der Waals surface area contributed by atoms with Crippen LogP contribution in [-0.4, -0.2) is 41.8 Å². The van der Waals surface area contributed by atoms with Crippen molar-refractivity contribution in [2.45, 2.75) is 12.1 Å². The molecule has 0 bridgehead atoms. The summed E-state index contributed by atoms with van der Waals surface area (Å²) in [4.78, 5) is 20.3. The first-order valence-electron chi connectivity index (χ1n) is 7.33. The summed E-state index contributed by atoms with van der Waals surface area (Å²) in [6, 6.07) is 8.74. The van der Waals surface area contributed by atoms with E-state index in [0.717, 1.165) is 16.1 Å². The van der Waals surface area contributed by atoms with E-state index in [4.69, 9.17) is 4.74 Å². The van der Waals surface area contributed by atoms with E-state index in [-0.39, 0.29) is 23.3 Å². The van der Waals surface area contributed by atoms with Crippen molar-refractivity contribution in [3.05, 3.63) is 46.7 Å². The molecular formula is C16H14BrN3O4S. The SMILES string of the molecule is CCOC(=O)c1cc2ccc(Br)cc2n1-c1ccnc(S(C)(=O)=O)n1. The first-order chi connectivity index (χ1) is 11.8. The van der Waals surface area contributed by atoms with Gasteiger partial charge in [-0.05, 0) is 31.2 Å². The summed E-state index contributed by atoms with van der Waals surface area (Å²) in [6.07, 6.45) is 2.38. The fraction of sp³-hybridized carbons (Fsp3) is 0.188. The molecule has 0 spiro atoms. The summed E-state index contributed by atoms with van der Waals surface area (Å²) in [6.45, 7) is 1.94. The highest BCUT2D eigenvalue weighted by molar-refractivity contribution is 9.10. The third-order valence-electron chi connectivity index (χ3n) is 3.43. The number of aromatic nitrogens is 3. The number of fused-ring (bicyclic) bond motifs is 1. The highest BCUT2D eigenvalue weighted by atomic mass is 79.9. The van der Waals surface area contributed by atoms with Crippen LogP contribution in [0.4, 0.5) is 0 Å². The van der Waals surface area contributed by atoms with Gasteiger partial charge in [0, 0.05) is 22.3 Å². The number of sulfone groups is 1. The fourth-order valence-corrected chi connectivity index (χ4v) is 3.27. The van der Waals surface area contributed by atoms with Crippen LogP contribution >= 0.6 is 15.9 Å². The maximum atomic E-state index is 12.4. The molecule has 0 saturated heterocycles. The van der Waals surface area contributed by atoms with Crippen molar-refractivity contribution in [2.24, 2.45) is 0 Å². The Labute approximate surface area is 152 Å². The van der Waals surface area contributed by atoms with Gasteiger partial charge in [0.25, 0.3) is 0 Å². The predicted octanol–water partition coefficient (Wildman–Crippen LogP) is 2.76. The smallest absolute Gasteiger partial charge is 0.355 e. The van der Waals surface area contributed by atoms with Crippen molar-refractivity contribution in [2.75, 3.05) is 12.9 Å². The predicted molar refractivity (Wildman–Crippen MR) is 95.6 cm³/mol. The summed E-state index contributed by atoms with van der Waals surface area (Å²) >= 11 is 3.40. The quantitative estimate of drug-likeness (QED) is 0.473. The van der Waals surface area contributed by atoms with E-state index in [0.29, 0.717) is 5.52 Å². The Morgan fingerprint density at radius 1 is 1.28 bits per heavy atom. The average molecular weight is 424 g/mol. The summed E-state index contributed by atoms with van der Waals surface area (Å²) in [5.41, 5.74) is 0.948. The Kier molecular flexibility index (Phi) is 4.61. The maximum absolute atomic E-state index is 12.4. The van der Waals surface area contributed by atoms with Gasteiger partial charge in [0.15, 0.2) is 0 Å². The Balaban J connectivity index is 2.32. The lowest BCUT2D eigenvalue weighted by Crippen LogP contribution is -2.13. The van der Waals surface area contributed by atoms with Crippen LogP contribution in [0.1, 0.15) is 17.4 Å². The molecule has 0 N–H and O–H groups in total. The van der Waals surface area contributed by atoms with E-state index >= 15 is 0 Å². The highest BCUT2D eigenvalue weighted by Gasteiger charge is 2.20. The van der Waals surface area contributed by atoms with Gasteiger partial charge < -0.3 is 4.74 Å². The number of hydrogen-bond acceptors (Lipinski definition) is 6. The second-order valence-corrected chi connectivity index (χ2v) is 8.08. The molecule has 0 radical (unpaired) electrons. The number of nitrogens with zero attached hydrogens (tertiary/aromatic N) is 3. The average Bonchev–Trinajstić information content (AvgIpc) is 2.93. The molecule has 0 saturated carbocycles. The molecule has 0 unspecified atom stereocenters. The van der Waals surface area contributed by atoms with Gasteiger partial charge in [-0.1, -0.05) is 22.0 Å². The van der Waals surface area contributed by atoms with Gasteiger partial charge in [0.05, 0.1) is 12.1 Å². The van der Waals surface area contributed by atoms with Crippen molar-refractivity contribution in [1.82, 2.24) is 14.5 Å². The van der Waals surface area contributed by atoms with Gasteiger partial charge in [-0.25, -0.2) is 23.2 Å². The van der Waals surface area contributed by atoms with Crippen molar-refractivity contribution < 1.29 is 17.9 Å². The molecule has 0 amide bonds. The molecule has 0 aliphatic carbocycles. The van der Waals surface area contributed by atoms with E-state index in [1.54, 1.807) is 17.6 Å². The molecule has 25 heavy (non-hydrogen) atoms. The monoisotopic (exact) mass is 423 g/mol. The van der Waals surface area contributed by atoms with E-state index in [9.17, 15) is 13.2 Å². The third-order valence-corrected chi connectivity index (χ3v) is 4.78.